The van der Waals surface area contributed by atoms with Crippen molar-refractivity contribution in [3.8, 4) is 0 Å². The lowest BCUT2D eigenvalue weighted by Crippen LogP contribution is -2.27. The Morgan fingerprint density at radius 3 is 2.64 bits per heavy atom. The van der Waals surface area contributed by atoms with Gasteiger partial charge in [0.15, 0.2) is 0 Å². The Balaban J connectivity index is 3.60. The second kappa shape index (κ2) is 6.28. The predicted octanol–water partition coefficient (Wildman–Crippen LogP) is 0.753. The van der Waals surface area contributed by atoms with E-state index in [9.17, 15) is 4.79 Å². The molecule has 11 heavy (non-hydrogen) atoms. The lowest BCUT2D eigenvalue weighted by Gasteiger charge is -2.16. The maximum Gasteiger partial charge on any atom is 0.234 e. The highest BCUT2D eigenvalue weighted by Gasteiger charge is 2.11. The molecule has 0 saturated carbocycles. The third kappa shape index (κ3) is 4.90. The summed E-state index contributed by atoms with van der Waals surface area (Å²) < 4.78 is 5.23. The molecule has 0 aliphatic rings. The van der Waals surface area contributed by atoms with Crippen LogP contribution in [0.3, 0.4) is 0 Å². The van der Waals surface area contributed by atoms with Gasteiger partial charge in [0.05, 0.1) is 15.3 Å². The summed E-state index contributed by atoms with van der Waals surface area (Å²) >= 11 is 0. The number of isocyanates is 1. The van der Waals surface area contributed by atoms with Crippen molar-refractivity contribution in [2.24, 2.45) is 4.99 Å². The molecule has 0 rings (SSSR count). The number of hydrogen-bond acceptors (Lipinski definition) is 3. The molecule has 1 atom stereocenters. The first kappa shape index (κ1) is 10.6. The van der Waals surface area contributed by atoms with Crippen LogP contribution >= 0.6 is 0 Å². The van der Waals surface area contributed by atoms with Crippen molar-refractivity contribution in [2.45, 2.75) is 25.2 Å². The minimum absolute atomic E-state index is 0.340. The number of aliphatic imine (C=N–C) groups is 1. The van der Waals surface area contributed by atoms with E-state index in [1.807, 2.05) is 0 Å². The number of methoxy groups -OCH3 is 1. The van der Waals surface area contributed by atoms with Crippen LogP contribution in [0.2, 0.25) is 13.1 Å². The van der Waals surface area contributed by atoms with Crippen molar-refractivity contribution in [3.63, 3.8) is 0 Å². The number of hydrogen-bond donors (Lipinski definition) is 0. The van der Waals surface area contributed by atoms with Crippen LogP contribution in [-0.4, -0.2) is 34.3 Å². The predicted molar refractivity (Wildman–Crippen MR) is 47.3 cm³/mol. The van der Waals surface area contributed by atoms with Crippen molar-refractivity contribution < 1.29 is 9.53 Å². The maximum absolute atomic E-state index is 9.72. The average molecular weight is 173 g/mol. The van der Waals surface area contributed by atoms with Crippen LogP contribution < -0.4 is 0 Å². The van der Waals surface area contributed by atoms with Gasteiger partial charge in [-0.1, -0.05) is 13.1 Å². The Kier molecular flexibility index (Phi) is 6.03. The van der Waals surface area contributed by atoms with Crippen LogP contribution in [0.1, 0.15) is 6.42 Å². The van der Waals surface area contributed by atoms with Gasteiger partial charge in [0.25, 0.3) is 0 Å². The molecule has 1 unspecified atom stereocenters. The van der Waals surface area contributed by atoms with Gasteiger partial charge in [0.2, 0.25) is 6.08 Å². The molecule has 4 heteroatoms. The quantitative estimate of drug-likeness (QED) is 0.350. The summed E-state index contributed by atoms with van der Waals surface area (Å²) in [5.41, 5.74) is 0.340. The van der Waals surface area contributed by atoms with Gasteiger partial charge in [-0.3, -0.25) is 0 Å². The second-order valence-electron chi connectivity index (χ2n) is 2.78. The molecule has 0 heterocycles. The van der Waals surface area contributed by atoms with E-state index in [0.29, 0.717) is 12.3 Å². The Bertz CT molecular complexity index is 143. The SMILES string of the molecule is COC(CCN=C=O)[SiH](C)C. The highest BCUT2D eigenvalue weighted by molar-refractivity contribution is 6.57. The van der Waals surface area contributed by atoms with Crippen LogP contribution in [0.25, 0.3) is 0 Å². The average Bonchev–Trinajstić information content (AvgIpc) is 1.97. The van der Waals surface area contributed by atoms with Crippen molar-refractivity contribution in [1.29, 1.82) is 0 Å². The van der Waals surface area contributed by atoms with E-state index in [-0.39, 0.29) is 0 Å². The normalized spacial score (nSPS) is 12.7. The van der Waals surface area contributed by atoms with Gasteiger partial charge in [0.1, 0.15) is 0 Å². The molecule has 0 saturated heterocycles. The van der Waals surface area contributed by atoms with Crippen molar-refractivity contribution in [2.75, 3.05) is 13.7 Å². The minimum Gasteiger partial charge on any atom is -0.385 e. The van der Waals surface area contributed by atoms with Crippen LogP contribution in [0.4, 0.5) is 0 Å². The fraction of sp³-hybridized carbons (Fsp3) is 0.857. The lowest BCUT2D eigenvalue weighted by molar-refractivity contribution is 0.156. The highest BCUT2D eigenvalue weighted by atomic mass is 28.3. The third-order valence-electron chi connectivity index (χ3n) is 1.64. The zero-order valence-electron chi connectivity index (χ0n) is 7.33. The first-order valence-electron chi connectivity index (χ1n) is 3.78. The molecule has 0 aliphatic carbocycles. The summed E-state index contributed by atoms with van der Waals surface area (Å²) in [5.74, 6) is 0. The number of carbonyl (C=O) groups excluding carboxylic acids is 1. The van der Waals surface area contributed by atoms with Gasteiger partial charge < -0.3 is 4.74 Å². The van der Waals surface area contributed by atoms with Gasteiger partial charge in [-0.15, -0.1) is 0 Å². The van der Waals surface area contributed by atoms with Gasteiger partial charge in [-0.2, -0.15) is 0 Å². The van der Waals surface area contributed by atoms with Gasteiger partial charge in [0, 0.05) is 12.8 Å². The topological polar surface area (TPSA) is 38.7 Å². The molecule has 0 radical (unpaired) electrons. The van der Waals surface area contributed by atoms with E-state index in [2.05, 4.69) is 18.1 Å². The van der Waals surface area contributed by atoms with Crippen LogP contribution in [0.15, 0.2) is 4.99 Å². The fourth-order valence-electron chi connectivity index (χ4n) is 0.961. The van der Waals surface area contributed by atoms with Crippen molar-refractivity contribution >= 4 is 14.9 Å². The monoisotopic (exact) mass is 173 g/mol. The summed E-state index contributed by atoms with van der Waals surface area (Å²) in [6.07, 6.45) is 2.38. The van der Waals surface area contributed by atoms with Crippen LogP contribution in [-0.2, 0) is 9.53 Å². The molecule has 0 aromatic heterocycles. The molecule has 0 fully saturated rings. The molecule has 64 valence electrons. The van der Waals surface area contributed by atoms with Crippen molar-refractivity contribution in [3.05, 3.63) is 0 Å². The summed E-state index contributed by atoms with van der Waals surface area (Å²) in [4.78, 5) is 13.2. The molecular weight excluding hydrogens is 158 g/mol. The summed E-state index contributed by atoms with van der Waals surface area (Å²) in [5, 5.41) is 0. The molecule has 0 aromatic carbocycles. The lowest BCUT2D eigenvalue weighted by atomic mass is 10.4. The van der Waals surface area contributed by atoms with Gasteiger partial charge >= 0.3 is 0 Å². The van der Waals surface area contributed by atoms with E-state index in [4.69, 9.17) is 4.74 Å². The van der Waals surface area contributed by atoms with E-state index < -0.39 is 8.80 Å². The third-order valence-corrected chi connectivity index (χ3v) is 3.73. The number of ether oxygens (including phenoxy) is 1. The highest BCUT2D eigenvalue weighted by Crippen LogP contribution is 2.01. The van der Waals surface area contributed by atoms with Gasteiger partial charge in [-0.05, 0) is 6.42 Å². The zero-order valence-corrected chi connectivity index (χ0v) is 8.49. The number of rotatable bonds is 5. The molecule has 0 amide bonds. The summed E-state index contributed by atoms with van der Waals surface area (Å²) in [7, 11) is 0.970. The maximum atomic E-state index is 9.72. The molecular formula is C7H15NO2Si. The molecule has 0 N–H and O–H groups in total. The van der Waals surface area contributed by atoms with E-state index in [1.54, 1.807) is 7.11 Å². The molecule has 3 nitrogen and oxygen atoms in total. The Morgan fingerprint density at radius 2 is 2.27 bits per heavy atom. The van der Waals surface area contributed by atoms with E-state index >= 15 is 0 Å². The fourth-order valence-corrected chi connectivity index (χ4v) is 2.32. The van der Waals surface area contributed by atoms with Gasteiger partial charge in [-0.25, -0.2) is 9.79 Å². The standard InChI is InChI=1S/C7H15NO2Si/c1-10-7(11(2)3)4-5-8-6-9/h7,11H,4-5H2,1-3H3. The van der Waals surface area contributed by atoms with E-state index in [1.165, 1.54) is 6.08 Å². The first-order valence-corrected chi connectivity index (χ1v) is 6.76. The zero-order chi connectivity index (χ0) is 8.69. The van der Waals surface area contributed by atoms with Crippen LogP contribution in [0.5, 0.6) is 0 Å². The van der Waals surface area contributed by atoms with E-state index in [0.717, 1.165) is 6.42 Å². The summed E-state index contributed by atoms with van der Waals surface area (Å²) in [6.45, 7) is 4.99. The molecule has 0 aliphatic heterocycles. The largest absolute Gasteiger partial charge is 0.385 e. The molecule has 0 spiro atoms. The second-order valence-corrected chi connectivity index (χ2v) is 6.01. The Hall–Kier alpha value is -0.443. The van der Waals surface area contributed by atoms with Crippen LogP contribution in [0, 0.1) is 0 Å². The Morgan fingerprint density at radius 1 is 1.64 bits per heavy atom. The smallest absolute Gasteiger partial charge is 0.234 e. The number of nitrogens with zero attached hydrogens (tertiary/aromatic N) is 1. The Labute approximate surface area is 69.1 Å². The molecule has 0 bridgehead atoms. The minimum atomic E-state index is -0.740. The summed E-state index contributed by atoms with van der Waals surface area (Å²) in [6, 6.07) is 0. The van der Waals surface area contributed by atoms with Crippen molar-refractivity contribution in [1.82, 2.24) is 0 Å². The first-order chi connectivity index (χ1) is 5.22. The molecule has 0 aromatic rings.